The largest absolute Gasteiger partial charge is 0.488 e. The highest BCUT2D eigenvalue weighted by Crippen LogP contribution is 2.27. The number of nitrogens with zero attached hydrogens (tertiary/aromatic N) is 1. The molecule has 4 aromatic carbocycles. The maximum absolute atomic E-state index is 13.2. The van der Waals surface area contributed by atoms with Gasteiger partial charge in [-0.15, -0.1) is 6.58 Å². The van der Waals surface area contributed by atoms with Crippen molar-refractivity contribution >= 4 is 22.9 Å². The number of ether oxygens (including phenoxy) is 2. The fourth-order valence-corrected chi connectivity index (χ4v) is 3.59. The molecule has 0 aliphatic carbocycles. The summed E-state index contributed by atoms with van der Waals surface area (Å²) in [4.78, 5) is 12.3. The zero-order chi connectivity index (χ0) is 24.5. The number of hydrazone groups is 1. The lowest BCUT2D eigenvalue weighted by Crippen LogP contribution is -2.24. The van der Waals surface area contributed by atoms with E-state index in [9.17, 15) is 9.18 Å². The van der Waals surface area contributed by atoms with Gasteiger partial charge >= 0.3 is 0 Å². The van der Waals surface area contributed by atoms with Crippen LogP contribution in [0.4, 0.5) is 4.39 Å². The van der Waals surface area contributed by atoms with Crippen molar-refractivity contribution in [1.29, 1.82) is 0 Å². The third kappa shape index (κ3) is 6.32. The monoisotopic (exact) mass is 468 g/mol. The van der Waals surface area contributed by atoms with Crippen LogP contribution in [0.1, 0.15) is 16.7 Å². The van der Waals surface area contributed by atoms with E-state index in [4.69, 9.17) is 9.47 Å². The number of hydrogen-bond acceptors (Lipinski definition) is 4. The number of allylic oxidation sites excluding steroid dienone is 1. The summed E-state index contributed by atoms with van der Waals surface area (Å²) in [7, 11) is 0. The number of carbonyl (C=O) groups is 1. The summed E-state index contributed by atoms with van der Waals surface area (Å²) in [5.41, 5.74) is 5.03. The number of para-hydroxylation sites is 1. The molecule has 0 saturated carbocycles. The van der Waals surface area contributed by atoms with Crippen molar-refractivity contribution in [3.63, 3.8) is 0 Å². The Balaban J connectivity index is 1.45. The maximum Gasteiger partial charge on any atom is 0.277 e. The molecule has 0 aromatic heterocycles. The number of carbonyl (C=O) groups excluding carboxylic acids is 1. The number of fused-ring (bicyclic) bond motifs is 1. The number of rotatable bonds is 10. The Morgan fingerprint density at radius 3 is 2.51 bits per heavy atom. The van der Waals surface area contributed by atoms with Crippen molar-refractivity contribution < 1.29 is 18.7 Å². The third-order valence-electron chi connectivity index (χ3n) is 5.32. The zero-order valence-electron chi connectivity index (χ0n) is 19.1. The highest BCUT2D eigenvalue weighted by Gasteiger charge is 2.09. The first-order valence-corrected chi connectivity index (χ1v) is 11.2. The number of nitrogens with one attached hydrogen (secondary N) is 1. The average Bonchev–Trinajstić information content (AvgIpc) is 2.88. The van der Waals surface area contributed by atoms with E-state index in [-0.39, 0.29) is 24.9 Å². The molecule has 4 rings (SSSR count). The van der Waals surface area contributed by atoms with E-state index in [1.54, 1.807) is 24.4 Å². The number of hydrogen-bond donors (Lipinski definition) is 1. The summed E-state index contributed by atoms with van der Waals surface area (Å²) in [6, 6.07) is 25.3. The molecule has 0 aliphatic heterocycles. The van der Waals surface area contributed by atoms with Crippen molar-refractivity contribution in [3.05, 3.63) is 120 Å². The van der Waals surface area contributed by atoms with Crippen LogP contribution in [0.15, 0.2) is 103 Å². The minimum atomic E-state index is -0.385. The van der Waals surface area contributed by atoms with Crippen LogP contribution in [0, 0.1) is 5.82 Å². The quantitative estimate of drug-likeness (QED) is 0.181. The molecule has 0 fully saturated rings. The maximum atomic E-state index is 13.2. The molecule has 5 nitrogen and oxygen atoms in total. The van der Waals surface area contributed by atoms with Crippen molar-refractivity contribution in [2.24, 2.45) is 5.10 Å². The minimum Gasteiger partial charge on any atom is -0.488 e. The second kappa shape index (κ2) is 11.6. The first-order valence-electron chi connectivity index (χ1n) is 11.2. The molecule has 4 aromatic rings. The van der Waals surface area contributed by atoms with E-state index >= 15 is 0 Å². The molecule has 1 N–H and O–H groups in total. The van der Waals surface area contributed by atoms with Gasteiger partial charge in [0.25, 0.3) is 5.91 Å². The summed E-state index contributed by atoms with van der Waals surface area (Å²) >= 11 is 0. The number of halogens is 1. The van der Waals surface area contributed by atoms with Gasteiger partial charge in [-0.2, -0.15) is 5.10 Å². The van der Waals surface area contributed by atoms with Crippen LogP contribution in [0.2, 0.25) is 0 Å². The van der Waals surface area contributed by atoms with E-state index in [0.717, 1.165) is 27.5 Å². The van der Waals surface area contributed by atoms with Gasteiger partial charge in [-0.25, -0.2) is 9.82 Å². The van der Waals surface area contributed by atoms with Gasteiger partial charge in [0, 0.05) is 5.56 Å². The third-order valence-corrected chi connectivity index (χ3v) is 5.32. The summed E-state index contributed by atoms with van der Waals surface area (Å²) in [5, 5.41) is 6.08. The standard InChI is InChI=1S/C29H25FN2O3/c1-2-7-23-9-4-6-11-27(23)35-20-29(33)32-31-18-26-25-10-5-3-8-22(25)14-17-28(26)34-19-21-12-15-24(30)16-13-21/h2-6,8-18H,1,7,19-20H2,(H,32,33)/b31-18-. The van der Waals surface area contributed by atoms with Crippen LogP contribution in [0.25, 0.3) is 10.8 Å². The molecule has 0 aliphatic rings. The lowest BCUT2D eigenvalue weighted by atomic mass is 10.0. The molecule has 0 bridgehead atoms. The first-order chi connectivity index (χ1) is 17.1. The predicted octanol–water partition coefficient (Wildman–Crippen LogP) is 5.82. The summed E-state index contributed by atoms with van der Waals surface area (Å²) in [6.45, 7) is 3.84. The highest BCUT2D eigenvalue weighted by atomic mass is 19.1. The van der Waals surface area contributed by atoms with E-state index in [0.29, 0.717) is 17.9 Å². The van der Waals surface area contributed by atoms with Gasteiger partial charge < -0.3 is 9.47 Å². The van der Waals surface area contributed by atoms with E-state index in [1.807, 2.05) is 60.7 Å². The first kappa shape index (κ1) is 23.7. The van der Waals surface area contributed by atoms with Gasteiger partial charge in [-0.05, 0) is 52.6 Å². The van der Waals surface area contributed by atoms with Crippen LogP contribution < -0.4 is 14.9 Å². The molecule has 0 radical (unpaired) electrons. The van der Waals surface area contributed by atoms with Gasteiger partial charge in [0.15, 0.2) is 6.61 Å². The Morgan fingerprint density at radius 1 is 0.914 bits per heavy atom. The lowest BCUT2D eigenvalue weighted by Gasteiger charge is -2.12. The predicted molar refractivity (Wildman–Crippen MR) is 136 cm³/mol. The van der Waals surface area contributed by atoms with E-state index in [1.165, 1.54) is 12.1 Å². The van der Waals surface area contributed by atoms with Gasteiger partial charge in [-0.3, -0.25) is 4.79 Å². The number of benzene rings is 4. The van der Waals surface area contributed by atoms with E-state index < -0.39 is 0 Å². The molecular weight excluding hydrogens is 443 g/mol. The Labute approximate surface area is 203 Å². The van der Waals surface area contributed by atoms with Crippen LogP contribution in [0.3, 0.4) is 0 Å². The number of amides is 1. The molecule has 0 spiro atoms. The fraction of sp³-hybridized carbons (Fsp3) is 0.103. The SMILES string of the molecule is C=CCc1ccccc1OCC(=O)N/N=C\c1c(OCc2ccc(F)cc2)ccc2ccccc12. The van der Waals surface area contributed by atoms with E-state index in [2.05, 4.69) is 17.1 Å². The summed E-state index contributed by atoms with van der Waals surface area (Å²) < 4.78 is 24.9. The average molecular weight is 469 g/mol. The van der Waals surface area contributed by atoms with Gasteiger partial charge in [0.2, 0.25) is 0 Å². The van der Waals surface area contributed by atoms with Crippen LogP contribution in [-0.4, -0.2) is 18.7 Å². The minimum absolute atomic E-state index is 0.172. The van der Waals surface area contributed by atoms with Gasteiger partial charge in [0.05, 0.1) is 6.21 Å². The van der Waals surface area contributed by atoms with Crippen molar-refractivity contribution in [2.45, 2.75) is 13.0 Å². The molecular formula is C29H25FN2O3. The molecule has 35 heavy (non-hydrogen) atoms. The topological polar surface area (TPSA) is 59.9 Å². The molecule has 6 heteroatoms. The Hall–Kier alpha value is -4.45. The highest BCUT2D eigenvalue weighted by molar-refractivity contribution is 6.02. The fourth-order valence-electron chi connectivity index (χ4n) is 3.59. The second-order valence-corrected chi connectivity index (χ2v) is 7.80. The molecule has 0 unspecified atom stereocenters. The van der Waals surface area contributed by atoms with Crippen LogP contribution in [-0.2, 0) is 17.8 Å². The summed E-state index contributed by atoms with van der Waals surface area (Å²) in [5.74, 6) is 0.553. The van der Waals surface area contributed by atoms with Gasteiger partial charge in [0.1, 0.15) is 23.9 Å². The van der Waals surface area contributed by atoms with Crippen LogP contribution >= 0.6 is 0 Å². The van der Waals surface area contributed by atoms with Crippen molar-refractivity contribution in [3.8, 4) is 11.5 Å². The molecule has 1 amide bonds. The molecule has 0 saturated heterocycles. The van der Waals surface area contributed by atoms with Crippen molar-refractivity contribution in [1.82, 2.24) is 5.43 Å². The van der Waals surface area contributed by atoms with Crippen LogP contribution in [0.5, 0.6) is 11.5 Å². The lowest BCUT2D eigenvalue weighted by molar-refractivity contribution is -0.123. The normalized spacial score (nSPS) is 10.9. The second-order valence-electron chi connectivity index (χ2n) is 7.80. The Kier molecular flexibility index (Phi) is 7.86. The smallest absolute Gasteiger partial charge is 0.277 e. The van der Waals surface area contributed by atoms with Crippen molar-refractivity contribution in [2.75, 3.05) is 6.61 Å². The Morgan fingerprint density at radius 2 is 1.69 bits per heavy atom. The van der Waals surface area contributed by atoms with Gasteiger partial charge in [-0.1, -0.05) is 66.7 Å². The summed E-state index contributed by atoms with van der Waals surface area (Å²) in [6.07, 6.45) is 4.00. The zero-order valence-corrected chi connectivity index (χ0v) is 19.1. The molecule has 0 heterocycles. The molecule has 176 valence electrons. The molecule has 0 atom stereocenters. The Bertz CT molecular complexity index is 1350.